The van der Waals surface area contributed by atoms with Gasteiger partial charge in [-0.15, -0.1) is 0 Å². The van der Waals surface area contributed by atoms with Crippen LogP contribution in [0.2, 0.25) is 5.15 Å². The van der Waals surface area contributed by atoms with E-state index in [9.17, 15) is 15.2 Å². The molecule has 0 atom stereocenters. The molecule has 0 aliphatic heterocycles. The van der Waals surface area contributed by atoms with Crippen molar-refractivity contribution in [2.45, 2.75) is 45.6 Å². The number of halogens is 1. The summed E-state index contributed by atoms with van der Waals surface area (Å²) in [5, 5.41) is 23.0. The van der Waals surface area contributed by atoms with E-state index in [0.717, 1.165) is 0 Å². The normalized spacial score (nSPS) is 12.3. The fraction of sp³-hybridized carbons (Fsp3) is 0.667. The number of nitro groups is 1. The number of aromatic nitrogens is 2. The Kier molecular flexibility index (Phi) is 4.55. The number of anilines is 1. The number of nitrogens with one attached hydrogen (secondary N) is 1. The predicted molar refractivity (Wildman–Crippen MR) is 77.2 cm³/mol. The van der Waals surface area contributed by atoms with Crippen LogP contribution in [0.4, 0.5) is 11.5 Å². The molecule has 0 radical (unpaired) electrons. The van der Waals surface area contributed by atoms with Gasteiger partial charge in [-0.25, -0.2) is 9.97 Å². The molecule has 0 amide bonds. The van der Waals surface area contributed by atoms with Gasteiger partial charge in [0.2, 0.25) is 11.0 Å². The molecule has 112 valence electrons. The van der Waals surface area contributed by atoms with Crippen molar-refractivity contribution in [3.05, 3.63) is 21.1 Å². The Hall–Kier alpha value is -1.47. The Morgan fingerprint density at radius 3 is 2.25 bits per heavy atom. The molecular weight excluding hydrogens is 284 g/mol. The summed E-state index contributed by atoms with van der Waals surface area (Å²) in [7, 11) is 0. The van der Waals surface area contributed by atoms with Crippen LogP contribution in [-0.4, -0.2) is 32.1 Å². The van der Waals surface area contributed by atoms with E-state index in [0.29, 0.717) is 5.82 Å². The standard InChI is InChI=1S/C12H19ClN4O3/c1-11(2,3)10-14-8(13)7(17(19)20)9(15-10)16-12(4,5)6-18/h18H,6H2,1-5H3,(H,14,15,16). The van der Waals surface area contributed by atoms with Crippen LogP contribution in [0.25, 0.3) is 0 Å². The SMILES string of the molecule is CC(C)(CO)Nc1nc(C(C)(C)C)nc(Cl)c1[N+](=O)[O-]. The van der Waals surface area contributed by atoms with Crippen molar-refractivity contribution in [1.82, 2.24) is 9.97 Å². The molecule has 7 nitrogen and oxygen atoms in total. The summed E-state index contributed by atoms with van der Waals surface area (Å²) < 4.78 is 0. The van der Waals surface area contributed by atoms with Crippen molar-refractivity contribution in [2.24, 2.45) is 0 Å². The largest absolute Gasteiger partial charge is 0.394 e. The molecule has 0 saturated heterocycles. The Balaban J connectivity index is 3.44. The summed E-state index contributed by atoms with van der Waals surface area (Å²) in [5.74, 6) is 0.406. The molecule has 0 spiro atoms. The Morgan fingerprint density at radius 1 is 1.30 bits per heavy atom. The minimum absolute atomic E-state index is 0.0129. The van der Waals surface area contributed by atoms with Gasteiger partial charge in [-0.2, -0.15) is 0 Å². The molecule has 1 aromatic heterocycles. The van der Waals surface area contributed by atoms with Crippen molar-refractivity contribution in [1.29, 1.82) is 0 Å². The maximum atomic E-state index is 11.1. The summed E-state index contributed by atoms with van der Waals surface area (Å²) in [6.45, 7) is 8.83. The molecule has 8 heteroatoms. The highest BCUT2D eigenvalue weighted by atomic mass is 35.5. The zero-order chi connectivity index (χ0) is 15.7. The van der Waals surface area contributed by atoms with Gasteiger partial charge in [-0.05, 0) is 13.8 Å². The van der Waals surface area contributed by atoms with Crippen LogP contribution in [0.15, 0.2) is 0 Å². The molecule has 20 heavy (non-hydrogen) atoms. The molecule has 1 aromatic rings. The lowest BCUT2D eigenvalue weighted by molar-refractivity contribution is -0.384. The zero-order valence-electron chi connectivity index (χ0n) is 12.2. The van der Waals surface area contributed by atoms with Gasteiger partial charge in [0.05, 0.1) is 17.1 Å². The third-order valence-electron chi connectivity index (χ3n) is 2.55. The first-order chi connectivity index (χ1) is 8.98. The molecule has 0 aliphatic carbocycles. The molecule has 0 unspecified atom stereocenters. The van der Waals surface area contributed by atoms with Crippen molar-refractivity contribution >= 4 is 23.1 Å². The van der Waals surface area contributed by atoms with Crippen molar-refractivity contribution in [3.63, 3.8) is 0 Å². The third-order valence-corrected chi connectivity index (χ3v) is 2.81. The van der Waals surface area contributed by atoms with Crippen LogP contribution < -0.4 is 5.32 Å². The van der Waals surface area contributed by atoms with E-state index in [1.54, 1.807) is 13.8 Å². The second-order valence-corrected chi connectivity index (χ2v) is 6.57. The summed E-state index contributed by atoms with van der Waals surface area (Å²) in [6, 6.07) is 0. The maximum absolute atomic E-state index is 11.1. The Bertz CT molecular complexity index is 526. The van der Waals surface area contributed by atoms with Gasteiger partial charge in [0, 0.05) is 5.41 Å². The first-order valence-electron chi connectivity index (χ1n) is 6.09. The second kappa shape index (κ2) is 5.49. The summed E-state index contributed by atoms with van der Waals surface area (Å²) in [6.07, 6.45) is 0. The van der Waals surface area contributed by atoms with Crippen molar-refractivity contribution in [3.8, 4) is 0 Å². The monoisotopic (exact) mass is 302 g/mol. The number of aliphatic hydroxyl groups excluding tert-OH is 1. The summed E-state index contributed by atoms with van der Waals surface area (Å²) >= 11 is 5.91. The van der Waals surface area contributed by atoms with Gasteiger partial charge in [0.25, 0.3) is 0 Å². The van der Waals surface area contributed by atoms with E-state index in [4.69, 9.17) is 11.6 Å². The van der Waals surface area contributed by atoms with Gasteiger partial charge in [-0.1, -0.05) is 32.4 Å². The molecular formula is C12H19ClN4O3. The van der Waals surface area contributed by atoms with Gasteiger partial charge in [0.1, 0.15) is 5.82 Å². The molecule has 0 fully saturated rings. The van der Waals surface area contributed by atoms with Crippen LogP contribution in [0.5, 0.6) is 0 Å². The molecule has 2 N–H and O–H groups in total. The van der Waals surface area contributed by atoms with Crippen LogP contribution in [0, 0.1) is 10.1 Å². The first kappa shape index (κ1) is 16.6. The van der Waals surface area contributed by atoms with E-state index in [1.165, 1.54) is 0 Å². The highest BCUT2D eigenvalue weighted by molar-refractivity contribution is 6.31. The number of aliphatic hydroxyl groups is 1. The van der Waals surface area contributed by atoms with E-state index in [1.807, 2.05) is 20.8 Å². The lowest BCUT2D eigenvalue weighted by Gasteiger charge is -2.25. The Labute approximate surface area is 122 Å². The number of rotatable bonds is 4. The predicted octanol–water partition coefficient (Wildman–Crippen LogP) is 2.52. The lowest BCUT2D eigenvalue weighted by atomic mass is 9.95. The third kappa shape index (κ3) is 3.77. The van der Waals surface area contributed by atoms with E-state index >= 15 is 0 Å². The maximum Gasteiger partial charge on any atom is 0.348 e. The van der Waals surface area contributed by atoms with E-state index in [2.05, 4.69) is 15.3 Å². The molecule has 0 saturated carbocycles. The molecule has 0 aromatic carbocycles. The Morgan fingerprint density at radius 2 is 1.85 bits per heavy atom. The number of nitrogens with zero attached hydrogens (tertiary/aromatic N) is 3. The van der Waals surface area contributed by atoms with Gasteiger partial charge >= 0.3 is 5.69 Å². The van der Waals surface area contributed by atoms with E-state index in [-0.39, 0.29) is 23.3 Å². The fourth-order valence-electron chi connectivity index (χ4n) is 1.37. The van der Waals surface area contributed by atoms with Crippen molar-refractivity contribution < 1.29 is 10.0 Å². The fourth-order valence-corrected chi connectivity index (χ4v) is 1.61. The van der Waals surface area contributed by atoms with Gasteiger partial charge in [0.15, 0.2) is 0 Å². The quantitative estimate of drug-likeness (QED) is 0.503. The van der Waals surface area contributed by atoms with Crippen LogP contribution in [-0.2, 0) is 5.41 Å². The molecule has 1 heterocycles. The zero-order valence-corrected chi connectivity index (χ0v) is 12.9. The molecule has 0 bridgehead atoms. The van der Waals surface area contributed by atoms with Crippen molar-refractivity contribution in [2.75, 3.05) is 11.9 Å². The first-order valence-corrected chi connectivity index (χ1v) is 6.47. The number of hydrogen-bond donors (Lipinski definition) is 2. The smallest absolute Gasteiger partial charge is 0.348 e. The lowest BCUT2D eigenvalue weighted by Crippen LogP contribution is -2.36. The van der Waals surface area contributed by atoms with Crippen LogP contribution in [0.1, 0.15) is 40.4 Å². The van der Waals surface area contributed by atoms with Crippen LogP contribution in [0.3, 0.4) is 0 Å². The van der Waals surface area contributed by atoms with Gasteiger partial charge < -0.3 is 10.4 Å². The van der Waals surface area contributed by atoms with Gasteiger partial charge in [-0.3, -0.25) is 10.1 Å². The number of hydrogen-bond acceptors (Lipinski definition) is 6. The average molecular weight is 303 g/mol. The second-order valence-electron chi connectivity index (χ2n) is 6.21. The summed E-state index contributed by atoms with van der Waals surface area (Å²) in [5.41, 5.74) is -1.56. The van der Waals surface area contributed by atoms with E-state index < -0.39 is 15.9 Å². The topological polar surface area (TPSA) is 101 Å². The highest BCUT2D eigenvalue weighted by Crippen LogP contribution is 2.33. The summed E-state index contributed by atoms with van der Waals surface area (Å²) in [4.78, 5) is 18.7. The van der Waals surface area contributed by atoms with Crippen LogP contribution >= 0.6 is 11.6 Å². The molecule has 1 rings (SSSR count). The minimum Gasteiger partial charge on any atom is -0.394 e. The average Bonchev–Trinajstić information content (AvgIpc) is 2.25. The highest BCUT2D eigenvalue weighted by Gasteiger charge is 2.30. The molecule has 0 aliphatic rings. The minimum atomic E-state index is -0.766.